The van der Waals surface area contributed by atoms with E-state index in [1.165, 1.54) is 12.8 Å². The van der Waals surface area contributed by atoms with E-state index in [2.05, 4.69) is 19.2 Å². The van der Waals surface area contributed by atoms with Crippen LogP contribution in [0, 0.1) is 0 Å². The molecule has 1 heterocycles. The van der Waals surface area contributed by atoms with Gasteiger partial charge in [0.1, 0.15) is 5.60 Å². The molecule has 2 rings (SSSR count). The van der Waals surface area contributed by atoms with Crippen LogP contribution in [-0.2, 0) is 9.47 Å². The fourth-order valence-electron chi connectivity index (χ4n) is 3.13. The molecule has 3 heteroatoms. The van der Waals surface area contributed by atoms with Crippen LogP contribution in [0.15, 0.2) is 0 Å². The van der Waals surface area contributed by atoms with Gasteiger partial charge in [-0.05, 0) is 26.2 Å². The van der Waals surface area contributed by atoms with Gasteiger partial charge in [-0.3, -0.25) is 0 Å². The molecule has 1 saturated heterocycles. The lowest BCUT2D eigenvalue weighted by molar-refractivity contribution is -0.231. The first-order valence-corrected chi connectivity index (χ1v) is 6.58. The zero-order chi connectivity index (χ0) is 11.6. The van der Waals surface area contributed by atoms with Crippen molar-refractivity contribution in [3.8, 4) is 0 Å². The maximum Gasteiger partial charge on any atom is 0.107 e. The lowest BCUT2D eigenvalue weighted by Gasteiger charge is -2.52. The molecule has 2 fully saturated rings. The molecule has 0 radical (unpaired) electrons. The molecule has 0 aromatic carbocycles. The van der Waals surface area contributed by atoms with Crippen LogP contribution in [0.5, 0.6) is 0 Å². The van der Waals surface area contributed by atoms with E-state index >= 15 is 0 Å². The van der Waals surface area contributed by atoms with E-state index in [0.717, 1.165) is 32.4 Å². The van der Waals surface area contributed by atoms with Crippen LogP contribution in [0.25, 0.3) is 0 Å². The number of morpholine rings is 1. The zero-order valence-corrected chi connectivity index (χ0v) is 10.8. The third-order valence-electron chi connectivity index (χ3n) is 4.31. The summed E-state index contributed by atoms with van der Waals surface area (Å²) in [6.45, 7) is 6.32. The predicted molar refractivity (Wildman–Crippen MR) is 64.6 cm³/mol. The summed E-state index contributed by atoms with van der Waals surface area (Å²) in [5, 5.41) is 3.55. The standard InChI is InChI=1S/C13H25NO2/c1-4-12(2)9-14-10-13(16-12)8-6-5-7-11(13)15-3/h11,14H,4-10H2,1-3H3. The summed E-state index contributed by atoms with van der Waals surface area (Å²) in [6, 6.07) is 0. The Morgan fingerprint density at radius 2 is 2.19 bits per heavy atom. The van der Waals surface area contributed by atoms with Crippen LogP contribution in [0.2, 0.25) is 0 Å². The number of nitrogens with one attached hydrogen (secondary N) is 1. The molecule has 1 aliphatic heterocycles. The second-order valence-electron chi connectivity index (χ2n) is 5.54. The van der Waals surface area contributed by atoms with Gasteiger partial charge in [0.2, 0.25) is 0 Å². The van der Waals surface area contributed by atoms with Crippen LogP contribution >= 0.6 is 0 Å². The first-order chi connectivity index (χ1) is 7.64. The number of ether oxygens (including phenoxy) is 2. The molecular formula is C13H25NO2. The summed E-state index contributed by atoms with van der Waals surface area (Å²) in [6.07, 6.45) is 6.12. The summed E-state index contributed by atoms with van der Waals surface area (Å²) in [4.78, 5) is 0. The van der Waals surface area contributed by atoms with Crippen molar-refractivity contribution in [3.05, 3.63) is 0 Å². The molecule has 3 atom stereocenters. The number of methoxy groups -OCH3 is 1. The first kappa shape index (κ1) is 12.3. The van der Waals surface area contributed by atoms with Crippen LogP contribution in [0.4, 0.5) is 0 Å². The average Bonchev–Trinajstić information content (AvgIpc) is 2.30. The van der Waals surface area contributed by atoms with Crippen molar-refractivity contribution in [2.45, 2.75) is 63.3 Å². The Labute approximate surface area is 98.9 Å². The lowest BCUT2D eigenvalue weighted by atomic mass is 9.79. The zero-order valence-electron chi connectivity index (χ0n) is 10.8. The van der Waals surface area contributed by atoms with E-state index in [1.807, 2.05) is 7.11 Å². The molecule has 3 nitrogen and oxygen atoms in total. The molecule has 1 N–H and O–H groups in total. The van der Waals surface area contributed by atoms with E-state index in [-0.39, 0.29) is 17.3 Å². The molecule has 0 aromatic rings. The molecule has 2 aliphatic rings. The van der Waals surface area contributed by atoms with Gasteiger partial charge in [0.05, 0.1) is 11.7 Å². The molecule has 1 saturated carbocycles. The summed E-state index contributed by atoms with van der Waals surface area (Å²) in [5.41, 5.74) is -0.0949. The van der Waals surface area contributed by atoms with Crippen molar-refractivity contribution >= 4 is 0 Å². The molecule has 3 unspecified atom stereocenters. The highest BCUT2D eigenvalue weighted by atomic mass is 16.6. The maximum absolute atomic E-state index is 6.47. The van der Waals surface area contributed by atoms with Gasteiger partial charge in [-0.25, -0.2) is 0 Å². The Morgan fingerprint density at radius 1 is 1.38 bits per heavy atom. The second-order valence-corrected chi connectivity index (χ2v) is 5.54. The van der Waals surface area contributed by atoms with E-state index < -0.39 is 0 Å². The quantitative estimate of drug-likeness (QED) is 0.783. The number of hydrogen-bond acceptors (Lipinski definition) is 3. The molecule has 0 amide bonds. The molecule has 0 bridgehead atoms. The third-order valence-corrected chi connectivity index (χ3v) is 4.31. The molecule has 16 heavy (non-hydrogen) atoms. The fraction of sp³-hybridized carbons (Fsp3) is 1.00. The summed E-state index contributed by atoms with van der Waals surface area (Å²) < 4.78 is 12.1. The van der Waals surface area contributed by atoms with Crippen molar-refractivity contribution in [2.75, 3.05) is 20.2 Å². The molecule has 94 valence electrons. The van der Waals surface area contributed by atoms with Crippen LogP contribution in [-0.4, -0.2) is 37.5 Å². The predicted octanol–water partition coefficient (Wildman–Crippen LogP) is 2.10. The van der Waals surface area contributed by atoms with Gasteiger partial charge >= 0.3 is 0 Å². The minimum atomic E-state index is -0.0734. The molecule has 1 aliphatic carbocycles. The van der Waals surface area contributed by atoms with Crippen LogP contribution < -0.4 is 5.32 Å². The maximum atomic E-state index is 6.47. The van der Waals surface area contributed by atoms with E-state index in [4.69, 9.17) is 9.47 Å². The van der Waals surface area contributed by atoms with Gasteiger partial charge in [0.15, 0.2) is 0 Å². The van der Waals surface area contributed by atoms with Crippen LogP contribution in [0.3, 0.4) is 0 Å². The summed E-state index contributed by atoms with van der Waals surface area (Å²) >= 11 is 0. The van der Waals surface area contributed by atoms with E-state index in [9.17, 15) is 0 Å². The van der Waals surface area contributed by atoms with Crippen molar-refractivity contribution in [1.82, 2.24) is 5.32 Å². The van der Waals surface area contributed by atoms with Crippen molar-refractivity contribution in [2.24, 2.45) is 0 Å². The largest absolute Gasteiger partial charge is 0.378 e. The topological polar surface area (TPSA) is 30.5 Å². The minimum absolute atomic E-state index is 0.0215. The Balaban J connectivity index is 2.15. The first-order valence-electron chi connectivity index (χ1n) is 6.58. The molecule has 0 aromatic heterocycles. The van der Waals surface area contributed by atoms with Crippen LogP contribution in [0.1, 0.15) is 46.0 Å². The Hall–Kier alpha value is -0.120. The number of hydrogen-bond donors (Lipinski definition) is 1. The second kappa shape index (κ2) is 4.63. The van der Waals surface area contributed by atoms with Gasteiger partial charge in [0.25, 0.3) is 0 Å². The summed E-state index contributed by atoms with van der Waals surface area (Å²) in [7, 11) is 1.82. The normalized spacial score (nSPS) is 44.8. The summed E-state index contributed by atoms with van der Waals surface area (Å²) in [5.74, 6) is 0. The number of rotatable bonds is 2. The van der Waals surface area contributed by atoms with Gasteiger partial charge in [-0.15, -0.1) is 0 Å². The highest BCUT2D eigenvalue weighted by Gasteiger charge is 2.48. The Bertz CT molecular complexity index is 242. The van der Waals surface area contributed by atoms with Gasteiger partial charge in [-0.1, -0.05) is 19.8 Å². The Kier molecular flexibility index (Phi) is 3.57. The highest BCUT2D eigenvalue weighted by molar-refractivity contribution is 5.01. The monoisotopic (exact) mass is 227 g/mol. The molecule has 1 spiro atoms. The van der Waals surface area contributed by atoms with Gasteiger partial charge in [-0.2, -0.15) is 0 Å². The average molecular weight is 227 g/mol. The minimum Gasteiger partial charge on any atom is -0.378 e. The molecular weight excluding hydrogens is 202 g/mol. The van der Waals surface area contributed by atoms with E-state index in [0.29, 0.717) is 0 Å². The SMILES string of the molecule is CCC1(C)CNCC2(CCCCC2OC)O1. The smallest absolute Gasteiger partial charge is 0.107 e. The van der Waals surface area contributed by atoms with E-state index in [1.54, 1.807) is 0 Å². The van der Waals surface area contributed by atoms with Crippen molar-refractivity contribution in [1.29, 1.82) is 0 Å². The van der Waals surface area contributed by atoms with Gasteiger partial charge < -0.3 is 14.8 Å². The Morgan fingerprint density at radius 3 is 2.88 bits per heavy atom. The highest BCUT2D eigenvalue weighted by Crippen LogP contribution is 2.39. The fourth-order valence-corrected chi connectivity index (χ4v) is 3.13. The van der Waals surface area contributed by atoms with Crippen molar-refractivity contribution in [3.63, 3.8) is 0 Å². The van der Waals surface area contributed by atoms with Crippen molar-refractivity contribution < 1.29 is 9.47 Å². The third kappa shape index (κ3) is 2.13. The van der Waals surface area contributed by atoms with Gasteiger partial charge in [0, 0.05) is 20.2 Å². The lowest BCUT2D eigenvalue weighted by Crippen LogP contribution is -2.65.